The largest absolute Gasteiger partial charge is 0.469 e. The predicted molar refractivity (Wildman–Crippen MR) is 86.4 cm³/mol. The standard InChI is InChI=1S/C17H20N2O4/c1-3-4-10-19-16(12-8-6-5-7-9-12)15(18-17(19)22)13(20)11-14(21)23-2/h5-9H,3-4,10-11H2,1-2H3,(H,18,22). The Balaban J connectivity index is 2.52. The Kier molecular flexibility index (Phi) is 5.51. The van der Waals surface area contributed by atoms with E-state index in [0.717, 1.165) is 18.4 Å². The van der Waals surface area contributed by atoms with Gasteiger partial charge in [-0.1, -0.05) is 43.7 Å². The van der Waals surface area contributed by atoms with Crippen LogP contribution in [0.3, 0.4) is 0 Å². The number of carbonyl (C=O) groups excluding carboxylic acids is 2. The second kappa shape index (κ2) is 7.58. The zero-order valence-electron chi connectivity index (χ0n) is 13.3. The molecule has 0 amide bonds. The van der Waals surface area contributed by atoms with E-state index in [4.69, 9.17) is 0 Å². The van der Waals surface area contributed by atoms with E-state index in [1.54, 1.807) is 4.57 Å². The number of Topliss-reactive ketones (excluding diaryl/α,β-unsaturated/α-hetero) is 1. The number of imidazole rings is 1. The lowest BCUT2D eigenvalue weighted by molar-refractivity contribution is -0.139. The summed E-state index contributed by atoms with van der Waals surface area (Å²) in [6, 6.07) is 9.21. The Morgan fingerprint density at radius 2 is 1.91 bits per heavy atom. The first-order valence-corrected chi connectivity index (χ1v) is 7.56. The first-order chi connectivity index (χ1) is 11.1. The molecule has 2 aromatic rings. The molecule has 0 unspecified atom stereocenters. The number of aromatic amines is 1. The average molecular weight is 316 g/mol. The lowest BCUT2D eigenvalue weighted by Gasteiger charge is -2.09. The predicted octanol–water partition coefficient (Wildman–Crippen LogP) is 2.39. The molecule has 2 rings (SSSR count). The third-order valence-electron chi connectivity index (χ3n) is 3.58. The Morgan fingerprint density at radius 1 is 1.22 bits per heavy atom. The van der Waals surface area contributed by atoms with Crippen LogP contribution in [0.2, 0.25) is 0 Å². The van der Waals surface area contributed by atoms with Gasteiger partial charge in [0, 0.05) is 12.1 Å². The fourth-order valence-corrected chi connectivity index (χ4v) is 2.39. The lowest BCUT2D eigenvalue weighted by atomic mass is 10.1. The molecule has 1 aromatic carbocycles. The minimum Gasteiger partial charge on any atom is -0.469 e. The van der Waals surface area contributed by atoms with Gasteiger partial charge in [-0.2, -0.15) is 0 Å². The number of unbranched alkanes of at least 4 members (excludes halogenated alkanes) is 1. The number of nitrogens with one attached hydrogen (secondary N) is 1. The van der Waals surface area contributed by atoms with Gasteiger partial charge in [0.2, 0.25) is 0 Å². The summed E-state index contributed by atoms with van der Waals surface area (Å²) in [7, 11) is 1.23. The normalized spacial score (nSPS) is 10.5. The zero-order valence-corrected chi connectivity index (χ0v) is 13.3. The highest BCUT2D eigenvalue weighted by Crippen LogP contribution is 2.23. The van der Waals surface area contributed by atoms with E-state index in [-0.39, 0.29) is 11.4 Å². The molecule has 0 fully saturated rings. The molecule has 0 bridgehead atoms. The van der Waals surface area contributed by atoms with Crippen LogP contribution in [-0.2, 0) is 16.1 Å². The van der Waals surface area contributed by atoms with Crippen LogP contribution in [0.15, 0.2) is 35.1 Å². The van der Waals surface area contributed by atoms with Gasteiger partial charge in [-0.15, -0.1) is 0 Å². The minimum absolute atomic E-state index is 0.155. The summed E-state index contributed by atoms with van der Waals surface area (Å²) in [4.78, 5) is 38.6. The second-order valence-electron chi connectivity index (χ2n) is 5.20. The van der Waals surface area contributed by atoms with Crippen molar-refractivity contribution in [2.24, 2.45) is 0 Å². The number of ether oxygens (including phenoxy) is 1. The van der Waals surface area contributed by atoms with Crippen molar-refractivity contribution in [1.82, 2.24) is 9.55 Å². The molecule has 0 aliphatic heterocycles. The van der Waals surface area contributed by atoms with Crippen molar-refractivity contribution in [3.8, 4) is 11.3 Å². The number of aromatic nitrogens is 2. The maximum absolute atomic E-state index is 12.4. The van der Waals surface area contributed by atoms with Gasteiger partial charge in [-0.25, -0.2) is 4.79 Å². The van der Waals surface area contributed by atoms with Crippen molar-refractivity contribution in [2.45, 2.75) is 32.7 Å². The summed E-state index contributed by atoms with van der Waals surface area (Å²) in [5, 5.41) is 0. The molecule has 1 N–H and O–H groups in total. The number of hydrogen-bond acceptors (Lipinski definition) is 4. The first-order valence-electron chi connectivity index (χ1n) is 7.56. The van der Waals surface area contributed by atoms with Crippen LogP contribution in [-0.4, -0.2) is 28.4 Å². The van der Waals surface area contributed by atoms with E-state index in [2.05, 4.69) is 9.72 Å². The van der Waals surface area contributed by atoms with Crippen LogP contribution in [0.25, 0.3) is 11.3 Å². The maximum atomic E-state index is 12.4. The number of benzene rings is 1. The van der Waals surface area contributed by atoms with E-state index >= 15 is 0 Å². The van der Waals surface area contributed by atoms with Gasteiger partial charge in [0.15, 0.2) is 5.78 Å². The summed E-state index contributed by atoms with van der Waals surface area (Å²) in [6.45, 7) is 2.55. The molecule has 0 radical (unpaired) electrons. The van der Waals surface area contributed by atoms with Crippen LogP contribution in [0.1, 0.15) is 36.7 Å². The van der Waals surface area contributed by atoms with E-state index in [1.165, 1.54) is 7.11 Å². The topological polar surface area (TPSA) is 81.2 Å². The third kappa shape index (κ3) is 3.77. The number of carbonyl (C=O) groups is 2. The average Bonchev–Trinajstić information content (AvgIpc) is 2.90. The van der Waals surface area contributed by atoms with Crippen molar-refractivity contribution in [1.29, 1.82) is 0 Å². The number of ketones is 1. The molecule has 122 valence electrons. The van der Waals surface area contributed by atoms with Crippen molar-refractivity contribution < 1.29 is 14.3 Å². The van der Waals surface area contributed by atoms with Crippen LogP contribution in [0.5, 0.6) is 0 Å². The van der Waals surface area contributed by atoms with E-state index in [0.29, 0.717) is 12.2 Å². The Morgan fingerprint density at radius 3 is 2.52 bits per heavy atom. The zero-order chi connectivity index (χ0) is 16.8. The lowest BCUT2D eigenvalue weighted by Crippen LogP contribution is -2.17. The fraction of sp³-hybridized carbons (Fsp3) is 0.353. The number of rotatable bonds is 7. The number of hydrogen-bond donors (Lipinski definition) is 1. The highest BCUT2D eigenvalue weighted by Gasteiger charge is 2.23. The monoisotopic (exact) mass is 316 g/mol. The Hall–Kier alpha value is -2.63. The molecule has 1 aromatic heterocycles. The molecule has 6 nitrogen and oxygen atoms in total. The summed E-state index contributed by atoms with van der Waals surface area (Å²) in [6.07, 6.45) is 1.35. The smallest absolute Gasteiger partial charge is 0.326 e. The van der Waals surface area contributed by atoms with Crippen molar-refractivity contribution in [3.05, 3.63) is 46.5 Å². The van der Waals surface area contributed by atoms with E-state index in [1.807, 2.05) is 37.3 Å². The number of esters is 1. The summed E-state index contributed by atoms with van der Waals surface area (Å²) in [5.41, 5.74) is 1.10. The molecule has 0 saturated heterocycles. The molecule has 6 heteroatoms. The number of methoxy groups -OCH3 is 1. The van der Waals surface area contributed by atoms with Crippen LogP contribution >= 0.6 is 0 Å². The van der Waals surface area contributed by atoms with Gasteiger partial charge < -0.3 is 9.72 Å². The fourth-order valence-electron chi connectivity index (χ4n) is 2.39. The highest BCUT2D eigenvalue weighted by molar-refractivity contribution is 6.08. The minimum atomic E-state index is -0.629. The molecule has 1 heterocycles. The van der Waals surface area contributed by atoms with Crippen molar-refractivity contribution >= 4 is 11.8 Å². The van der Waals surface area contributed by atoms with Gasteiger partial charge in [0.05, 0.1) is 12.8 Å². The van der Waals surface area contributed by atoms with Crippen LogP contribution in [0, 0.1) is 0 Å². The van der Waals surface area contributed by atoms with Gasteiger partial charge >= 0.3 is 11.7 Å². The molecule has 0 aliphatic carbocycles. The highest BCUT2D eigenvalue weighted by atomic mass is 16.5. The molecule has 0 aliphatic rings. The van der Waals surface area contributed by atoms with E-state index in [9.17, 15) is 14.4 Å². The molecule has 0 spiro atoms. The molecular formula is C17H20N2O4. The van der Waals surface area contributed by atoms with Gasteiger partial charge in [-0.3, -0.25) is 14.2 Å². The first kappa shape index (κ1) is 16.7. The van der Waals surface area contributed by atoms with Crippen LogP contribution < -0.4 is 5.69 Å². The van der Waals surface area contributed by atoms with E-state index < -0.39 is 18.2 Å². The van der Waals surface area contributed by atoms with Gasteiger partial charge in [-0.05, 0) is 6.42 Å². The Labute approximate surface area is 134 Å². The van der Waals surface area contributed by atoms with Gasteiger partial charge in [0.1, 0.15) is 12.1 Å². The van der Waals surface area contributed by atoms with Gasteiger partial charge in [0.25, 0.3) is 0 Å². The third-order valence-corrected chi connectivity index (χ3v) is 3.58. The van der Waals surface area contributed by atoms with Crippen molar-refractivity contribution in [2.75, 3.05) is 7.11 Å². The molecular weight excluding hydrogens is 296 g/mol. The Bertz CT molecular complexity index is 744. The maximum Gasteiger partial charge on any atom is 0.326 e. The SMILES string of the molecule is CCCCn1c(-c2ccccc2)c(C(=O)CC(=O)OC)[nH]c1=O. The molecule has 0 atom stereocenters. The van der Waals surface area contributed by atoms with Crippen LogP contribution in [0.4, 0.5) is 0 Å². The summed E-state index contributed by atoms with van der Waals surface area (Å²) in [5.74, 6) is -1.08. The quantitative estimate of drug-likeness (QED) is 0.483. The second-order valence-corrected chi connectivity index (χ2v) is 5.20. The summed E-state index contributed by atoms with van der Waals surface area (Å²) < 4.78 is 6.09. The number of nitrogens with zero attached hydrogens (tertiary/aromatic N) is 1. The van der Waals surface area contributed by atoms with Crippen molar-refractivity contribution in [3.63, 3.8) is 0 Å². The molecule has 23 heavy (non-hydrogen) atoms. The summed E-state index contributed by atoms with van der Waals surface area (Å²) >= 11 is 0. The number of H-pyrrole nitrogens is 1. The molecule has 0 saturated carbocycles.